The van der Waals surface area contributed by atoms with E-state index in [1.54, 1.807) is 0 Å². The molecule has 0 saturated heterocycles. The Balaban J connectivity index is -0.000000174. The SMILES string of the molecule is CCCCC(CC)C(=O)[O-].CCCCC(CC)C(=O)[O-].CCCCC(CC)C(=O)[O-].[Rh+2]. The van der Waals surface area contributed by atoms with Gasteiger partial charge in [-0.1, -0.05) is 80.1 Å². The maximum absolute atomic E-state index is 10.3. The van der Waals surface area contributed by atoms with E-state index in [4.69, 9.17) is 0 Å². The normalized spacial score (nSPS) is 12.6. The van der Waals surface area contributed by atoms with E-state index >= 15 is 0 Å². The number of hydrogen-bond donors (Lipinski definition) is 0. The minimum Gasteiger partial charge on any atom is -0.550 e. The number of hydrogen-bond acceptors (Lipinski definition) is 6. The summed E-state index contributed by atoms with van der Waals surface area (Å²) in [6.45, 7) is 11.8. The average Bonchev–Trinajstić information content (AvgIpc) is 2.70. The van der Waals surface area contributed by atoms with Crippen LogP contribution in [-0.4, -0.2) is 17.9 Å². The number of carboxylic acid groups (broad SMARTS) is 3. The summed E-state index contributed by atoms with van der Waals surface area (Å²) in [5.74, 6) is -3.34. The zero-order valence-corrected chi connectivity index (χ0v) is 22.1. The number of carbonyl (C=O) groups is 3. The van der Waals surface area contributed by atoms with Crippen LogP contribution in [0.4, 0.5) is 0 Å². The summed E-state index contributed by atoms with van der Waals surface area (Å²) in [4.78, 5) is 31.0. The third-order valence-corrected chi connectivity index (χ3v) is 5.20. The third kappa shape index (κ3) is 25.2. The van der Waals surface area contributed by atoms with E-state index in [0.717, 1.165) is 57.8 Å². The molecule has 7 heteroatoms. The predicted molar refractivity (Wildman–Crippen MR) is 115 cm³/mol. The van der Waals surface area contributed by atoms with Gasteiger partial charge in [0, 0.05) is 17.9 Å². The summed E-state index contributed by atoms with van der Waals surface area (Å²) >= 11 is 0. The topological polar surface area (TPSA) is 120 Å². The number of carboxylic acids is 3. The molecule has 1 radical (unpaired) electrons. The summed E-state index contributed by atoms with van der Waals surface area (Å²) < 4.78 is 0. The Morgan fingerprint density at radius 2 is 0.710 bits per heavy atom. The molecule has 3 unspecified atom stereocenters. The van der Waals surface area contributed by atoms with Crippen molar-refractivity contribution in [2.45, 2.75) is 119 Å². The van der Waals surface area contributed by atoms with E-state index in [0.29, 0.717) is 19.3 Å². The maximum atomic E-state index is 10.3. The molecule has 0 bridgehead atoms. The van der Waals surface area contributed by atoms with Crippen molar-refractivity contribution in [2.75, 3.05) is 0 Å². The van der Waals surface area contributed by atoms with Crippen molar-refractivity contribution in [3.8, 4) is 0 Å². The standard InChI is InChI=1S/3C8H16O2.Rh/c3*1-3-5-6-7(4-2)8(9)10;/h3*7H,3-6H2,1-2H3,(H,9,10);/q;;;+2/p-3. The first-order valence-corrected chi connectivity index (χ1v) is 11.8. The molecule has 0 rings (SSSR count). The van der Waals surface area contributed by atoms with Gasteiger partial charge < -0.3 is 29.7 Å². The van der Waals surface area contributed by atoms with Crippen LogP contribution < -0.4 is 15.3 Å². The minimum atomic E-state index is -0.893. The summed E-state index contributed by atoms with van der Waals surface area (Å²) in [6.07, 6.45) is 10.6. The van der Waals surface area contributed by atoms with Gasteiger partial charge in [-0.15, -0.1) is 0 Å². The average molecular weight is 533 g/mol. The van der Waals surface area contributed by atoms with Gasteiger partial charge in [0.1, 0.15) is 0 Å². The smallest absolute Gasteiger partial charge is 0.550 e. The van der Waals surface area contributed by atoms with E-state index < -0.39 is 17.9 Å². The summed E-state index contributed by atoms with van der Waals surface area (Å²) in [7, 11) is 0. The molecule has 0 spiro atoms. The second kappa shape index (κ2) is 27.1. The molecule has 31 heavy (non-hydrogen) atoms. The molecule has 0 saturated carbocycles. The Hall–Kier alpha value is -0.967. The second-order valence-electron chi connectivity index (χ2n) is 7.70. The van der Waals surface area contributed by atoms with Crippen LogP contribution in [0.15, 0.2) is 0 Å². The van der Waals surface area contributed by atoms with Gasteiger partial charge in [-0.2, -0.15) is 0 Å². The molecular formula is C24H45O6Rh-. The molecule has 0 amide bonds. The van der Waals surface area contributed by atoms with Gasteiger partial charge in [0.25, 0.3) is 0 Å². The minimum absolute atomic E-state index is 0. The number of rotatable bonds is 15. The Labute approximate surface area is 203 Å². The van der Waals surface area contributed by atoms with Crippen molar-refractivity contribution in [3.63, 3.8) is 0 Å². The van der Waals surface area contributed by atoms with Gasteiger partial charge in [0.2, 0.25) is 0 Å². The molecular weight excluding hydrogens is 487 g/mol. The quantitative estimate of drug-likeness (QED) is 0.299. The first-order chi connectivity index (χ1) is 14.2. The van der Waals surface area contributed by atoms with Crippen LogP contribution in [0.2, 0.25) is 0 Å². The fourth-order valence-corrected chi connectivity index (χ4v) is 2.82. The summed E-state index contributed by atoms with van der Waals surface area (Å²) in [5, 5.41) is 31.0. The zero-order chi connectivity index (χ0) is 23.9. The molecule has 0 heterocycles. The van der Waals surface area contributed by atoms with Crippen molar-refractivity contribution in [1.29, 1.82) is 0 Å². The fraction of sp³-hybridized carbons (Fsp3) is 0.875. The molecule has 187 valence electrons. The predicted octanol–water partition coefficient (Wildman–Crippen LogP) is 2.86. The van der Waals surface area contributed by atoms with Gasteiger partial charge >= 0.3 is 19.5 Å². The van der Waals surface area contributed by atoms with Crippen LogP contribution in [0, 0.1) is 17.8 Å². The molecule has 0 aliphatic rings. The number of carbonyl (C=O) groups excluding carboxylic acids is 3. The zero-order valence-electron chi connectivity index (χ0n) is 20.5. The van der Waals surface area contributed by atoms with Crippen LogP contribution in [0.5, 0.6) is 0 Å². The molecule has 0 aromatic rings. The number of unbranched alkanes of at least 4 members (excludes halogenated alkanes) is 3. The molecule has 0 N–H and O–H groups in total. The van der Waals surface area contributed by atoms with E-state index in [-0.39, 0.29) is 37.2 Å². The first-order valence-electron chi connectivity index (χ1n) is 11.8. The summed E-state index contributed by atoms with van der Waals surface area (Å²) in [6, 6.07) is 0. The van der Waals surface area contributed by atoms with Crippen molar-refractivity contribution in [2.24, 2.45) is 17.8 Å². The first kappa shape index (κ1) is 37.4. The second-order valence-corrected chi connectivity index (χ2v) is 7.70. The van der Waals surface area contributed by atoms with Crippen molar-refractivity contribution in [3.05, 3.63) is 0 Å². The van der Waals surface area contributed by atoms with Crippen LogP contribution >= 0.6 is 0 Å². The molecule has 6 nitrogen and oxygen atoms in total. The largest absolute Gasteiger partial charge is 2.00 e. The van der Waals surface area contributed by atoms with Crippen molar-refractivity contribution in [1.82, 2.24) is 0 Å². The molecule has 3 atom stereocenters. The summed E-state index contributed by atoms with van der Waals surface area (Å²) in [5.41, 5.74) is 0. The molecule has 0 fully saturated rings. The fourth-order valence-electron chi connectivity index (χ4n) is 2.82. The van der Waals surface area contributed by atoms with Crippen LogP contribution in [-0.2, 0) is 33.9 Å². The van der Waals surface area contributed by atoms with Crippen molar-refractivity contribution >= 4 is 17.9 Å². The molecule has 0 aromatic carbocycles. The van der Waals surface area contributed by atoms with Crippen molar-refractivity contribution < 1.29 is 49.2 Å². The van der Waals surface area contributed by atoms with Gasteiger partial charge in [-0.25, -0.2) is 0 Å². The molecule has 0 aliphatic carbocycles. The van der Waals surface area contributed by atoms with Crippen LogP contribution in [0.3, 0.4) is 0 Å². The van der Waals surface area contributed by atoms with Crippen LogP contribution in [0.25, 0.3) is 0 Å². The molecule has 0 aromatic heterocycles. The molecule has 0 aliphatic heterocycles. The van der Waals surface area contributed by atoms with E-state index in [9.17, 15) is 29.7 Å². The number of aliphatic carboxylic acids is 3. The van der Waals surface area contributed by atoms with Gasteiger partial charge in [0.15, 0.2) is 0 Å². The Kier molecular flexibility index (Phi) is 32.6. The van der Waals surface area contributed by atoms with E-state index in [1.807, 2.05) is 20.8 Å². The monoisotopic (exact) mass is 532 g/mol. The van der Waals surface area contributed by atoms with E-state index in [2.05, 4.69) is 20.8 Å². The Morgan fingerprint density at radius 1 is 0.516 bits per heavy atom. The third-order valence-electron chi connectivity index (χ3n) is 5.20. The van der Waals surface area contributed by atoms with Gasteiger partial charge in [0.05, 0.1) is 0 Å². The maximum Gasteiger partial charge on any atom is 2.00 e. The van der Waals surface area contributed by atoms with Gasteiger partial charge in [-0.3, -0.25) is 0 Å². The van der Waals surface area contributed by atoms with Crippen LogP contribution in [0.1, 0.15) is 119 Å². The van der Waals surface area contributed by atoms with Gasteiger partial charge in [-0.05, 0) is 56.3 Å². The Morgan fingerprint density at radius 3 is 0.806 bits per heavy atom. The van der Waals surface area contributed by atoms with E-state index in [1.165, 1.54) is 0 Å². The Bertz CT molecular complexity index is 366.